The summed E-state index contributed by atoms with van der Waals surface area (Å²) >= 11 is 0. The minimum Gasteiger partial charge on any atom is -0.356 e. The zero-order valence-corrected chi connectivity index (χ0v) is 18.5. The maximum atomic E-state index is 4.46. The van der Waals surface area contributed by atoms with Gasteiger partial charge in [-0.25, -0.2) is 0 Å². The summed E-state index contributed by atoms with van der Waals surface area (Å²) in [7, 11) is 3.78. The van der Waals surface area contributed by atoms with E-state index in [9.17, 15) is 0 Å². The van der Waals surface area contributed by atoms with Crippen LogP contribution in [-0.4, -0.2) is 44.1 Å². The maximum absolute atomic E-state index is 4.46. The fourth-order valence-electron chi connectivity index (χ4n) is 3.40. The van der Waals surface area contributed by atoms with E-state index in [1.807, 2.05) is 25.6 Å². The van der Waals surface area contributed by atoms with Crippen molar-refractivity contribution in [2.75, 3.05) is 13.6 Å². The summed E-state index contributed by atoms with van der Waals surface area (Å²) in [6.45, 7) is 8.74. The molecule has 2 aromatic heterocycles. The Hall–Kier alpha value is -1.65. The first-order valence-corrected chi connectivity index (χ1v) is 8.81. The topological polar surface area (TPSA) is 84.9 Å². The molecule has 144 valence electrons. The molecule has 1 aliphatic rings. The van der Waals surface area contributed by atoms with E-state index in [0.29, 0.717) is 5.92 Å². The second-order valence-electron chi connectivity index (χ2n) is 6.76. The van der Waals surface area contributed by atoms with Gasteiger partial charge < -0.3 is 15.2 Å². The van der Waals surface area contributed by atoms with Crippen molar-refractivity contribution < 1.29 is 0 Å². The third-order valence-corrected chi connectivity index (χ3v) is 5.10. The lowest BCUT2D eigenvalue weighted by Crippen LogP contribution is -2.41. The minimum absolute atomic E-state index is 0. The van der Waals surface area contributed by atoms with Crippen LogP contribution < -0.4 is 10.6 Å². The third kappa shape index (κ3) is 4.36. The molecule has 2 aromatic rings. The van der Waals surface area contributed by atoms with E-state index in [2.05, 4.69) is 42.4 Å². The summed E-state index contributed by atoms with van der Waals surface area (Å²) in [6.07, 6.45) is 2.12. The van der Waals surface area contributed by atoms with Crippen LogP contribution in [0.15, 0.2) is 4.99 Å². The Morgan fingerprint density at radius 2 is 2.00 bits per heavy atom. The molecule has 1 aliphatic heterocycles. The quantitative estimate of drug-likeness (QED) is 0.400. The summed E-state index contributed by atoms with van der Waals surface area (Å²) in [4.78, 5) is 4.34. The molecule has 26 heavy (non-hydrogen) atoms. The third-order valence-electron chi connectivity index (χ3n) is 5.10. The Morgan fingerprint density at radius 1 is 1.23 bits per heavy atom. The molecule has 0 aliphatic carbocycles. The summed E-state index contributed by atoms with van der Waals surface area (Å²) in [5.74, 6) is 3.50. The molecule has 0 saturated heterocycles. The summed E-state index contributed by atoms with van der Waals surface area (Å²) in [6, 6.07) is 0. The molecule has 3 rings (SSSR count). The highest BCUT2D eigenvalue weighted by molar-refractivity contribution is 14.0. The minimum atomic E-state index is 0. The Kier molecular flexibility index (Phi) is 7.01. The number of aromatic nitrogens is 5. The largest absolute Gasteiger partial charge is 0.356 e. The number of fused-ring (bicyclic) bond motifs is 1. The molecular formula is C17H29IN8. The highest BCUT2D eigenvalue weighted by Crippen LogP contribution is 2.19. The van der Waals surface area contributed by atoms with Crippen molar-refractivity contribution in [1.82, 2.24) is 35.2 Å². The van der Waals surface area contributed by atoms with Crippen molar-refractivity contribution in [2.24, 2.45) is 18.0 Å². The highest BCUT2D eigenvalue weighted by atomic mass is 127. The van der Waals surface area contributed by atoms with Gasteiger partial charge in [0.25, 0.3) is 0 Å². The Balaban J connectivity index is 0.00000243. The maximum Gasteiger partial charge on any atom is 0.191 e. The second-order valence-corrected chi connectivity index (χ2v) is 6.76. The van der Waals surface area contributed by atoms with Crippen LogP contribution in [0.3, 0.4) is 0 Å². The summed E-state index contributed by atoms with van der Waals surface area (Å²) in [5, 5.41) is 19.7. The van der Waals surface area contributed by atoms with Crippen LogP contribution in [0.1, 0.15) is 35.0 Å². The van der Waals surface area contributed by atoms with Gasteiger partial charge in [-0.2, -0.15) is 5.10 Å². The van der Waals surface area contributed by atoms with Gasteiger partial charge in [0.2, 0.25) is 0 Å². The zero-order valence-electron chi connectivity index (χ0n) is 16.2. The van der Waals surface area contributed by atoms with Crippen molar-refractivity contribution in [3.05, 3.63) is 28.6 Å². The number of aryl methyl sites for hydroxylation is 4. The van der Waals surface area contributed by atoms with Crippen LogP contribution >= 0.6 is 24.0 Å². The van der Waals surface area contributed by atoms with Gasteiger partial charge in [-0.1, -0.05) is 0 Å². The summed E-state index contributed by atoms with van der Waals surface area (Å²) in [5.41, 5.74) is 3.47. The number of nitrogens with one attached hydrogen (secondary N) is 2. The van der Waals surface area contributed by atoms with E-state index in [1.54, 1.807) is 7.05 Å². The first-order chi connectivity index (χ1) is 12.0. The van der Waals surface area contributed by atoms with Crippen LogP contribution in [0.2, 0.25) is 0 Å². The molecule has 2 N–H and O–H groups in total. The van der Waals surface area contributed by atoms with Gasteiger partial charge in [-0.05, 0) is 33.1 Å². The molecule has 0 spiro atoms. The van der Waals surface area contributed by atoms with Gasteiger partial charge in [0.15, 0.2) is 5.96 Å². The van der Waals surface area contributed by atoms with E-state index in [-0.39, 0.29) is 24.0 Å². The van der Waals surface area contributed by atoms with Gasteiger partial charge in [-0.15, -0.1) is 34.2 Å². The Bertz CT molecular complexity index is 776. The molecular weight excluding hydrogens is 443 g/mol. The normalized spacial score (nSPS) is 16.8. The Labute approximate surface area is 171 Å². The molecule has 0 bridgehead atoms. The lowest BCUT2D eigenvalue weighted by molar-refractivity contribution is 0.358. The van der Waals surface area contributed by atoms with Crippen LogP contribution in [-0.2, 0) is 26.6 Å². The summed E-state index contributed by atoms with van der Waals surface area (Å²) < 4.78 is 4.15. The van der Waals surface area contributed by atoms with Crippen LogP contribution in [0.5, 0.6) is 0 Å². The van der Waals surface area contributed by atoms with E-state index in [4.69, 9.17) is 0 Å². The van der Waals surface area contributed by atoms with Gasteiger partial charge in [-0.3, -0.25) is 9.67 Å². The molecule has 8 nitrogen and oxygen atoms in total. The first-order valence-electron chi connectivity index (χ1n) is 8.81. The number of halogens is 1. The van der Waals surface area contributed by atoms with Crippen molar-refractivity contribution in [3.63, 3.8) is 0 Å². The van der Waals surface area contributed by atoms with Gasteiger partial charge >= 0.3 is 0 Å². The second kappa shape index (κ2) is 8.83. The van der Waals surface area contributed by atoms with E-state index in [1.165, 1.54) is 11.3 Å². The molecule has 0 aromatic carbocycles. The first kappa shape index (κ1) is 20.7. The zero-order chi connectivity index (χ0) is 18.0. The Morgan fingerprint density at radius 3 is 2.65 bits per heavy atom. The fourth-order valence-corrected chi connectivity index (χ4v) is 3.40. The molecule has 3 heterocycles. The van der Waals surface area contributed by atoms with Crippen molar-refractivity contribution in [1.29, 1.82) is 0 Å². The SMILES string of the molecule is CN=C(NCc1c(C)nn(C)c1C)NCC1CCc2nnc(C)n2C1.I. The van der Waals surface area contributed by atoms with Crippen LogP contribution in [0.4, 0.5) is 0 Å². The number of rotatable bonds is 4. The fraction of sp³-hybridized carbons (Fsp3) is 0.647. The molecule has 0 saturated carbocycles. The highest BCUT2D eigenvalue weighted by Gasteiger charge is 2.21. The average molecular weight is 472 g/mol. The smallest absolute Gasteiger partial charge is 0.191 e. The molecule has 9 heteroatoms. The molecule has 1 unspecified atom stereocenters. The standard InChI is InChI=1S/C17H28N8.HI/c1-11-15(12(2)24(5)23-11)9-20-17(18-4)19-8-14-6-7-16-22-21-13(3)25(16)10-14;/h14H,6-10H2,1-5H3,(H2,18,19,20);1H. The molecule has 0 amide bonds. The number of aliphatic imine (C=N–C) groups is 1. The van der Waals surface area contributed by atoms with Gasteiger partial charge in [0.1, 0.15) is 11.6 Å². The molecule has 1 atom stereocenters. The lowest BCUT2D eigenvalue weighted by Gasteiger charge is -2.25. The average Bonchev–Trinajstić information content (AvgIpc) is 3.08. The number of nitrogens with zero attached hydrogens (tertiary/aromatic N) is 6. The van der Waals surface area contributed by atoms with Crippen LogP contribution in [0, 0.1) is 26.7 Å². The monoisotopic (exact) mass is 472 g/mol. The van der Waals surface area contributed by atoms with Gasteiger partial charge in [0.05, 0.1) is 5.69 Å². The predicted octanol–water partition coefficient (Wildman–Crippen LogP) is 1.48. The van der Waals surface area contributed by atoms with Crippen molar-refractivity contribution >= 4 is 29.9 Å². The van der Waals surface area contributed by atoms with E-state index in [0.717, 1.165) is 55.8 Å². The van der Waals surface area contributed by atoms with E-state index >= 15 is 0 Å². The number of guanidine groups is 1. The molecule has 0 radical (unpaired) electrons. The van der Waals surface area contributed by atoms with E-state index < -0.39 is 0 Å². The molecule has 0 fully saturated rings. The number of hydrogen-bond donors (Lipinski definition) is 2. The van der Waals surface area contributed by atoms with Crippen molar-refractivity contribution in [2.45, 2.75) is 46.7 Å². The lowest BCUT2D eigenvalue weighted by atomic mass is 9.99. The van der Waals surface area contributed by atoms with Crippen LogP contribution in [0.25, 0.3) is 0 Å². The van der Waals surface area contributed by atoms with Gasteiger partial charge in [0, 0.05) is 51.4 Å². The number of hydrogen-bond acceptors (Lipinski definition) is 4. The van der Waals surface area contributed by atoms with Crippen molar-refractivity contribution in [3.8, 4) is 0 Å². The predicted molar refractivity (Wildman–Crippen MR) is 113 cm³/mol.